The Bertz CT molecular complexity index is 801. The Morgan fingerprint density at radius 1 is 0.667 bits per heavy atom. The van der Waals surface area contributed by atoms with Gasteiger partial charge in [-0.05, 0) is 44.9 Å². The van der Waals surface area contributed by atoms with E-state index in [2.05, 4.69) is 5.32 Å². The average Bonchev–Trinajstić information content (AvgIpc) is 3.70. The predicted molar refractivity (Wildman–Crippen MR) is 122 cm³/mol. The molecule has 0 radical (unpaired) electrons. The summed E-state index contributed by atoms with van der Waals surface area (Å²) in [7, 11) is 0. The zero-order chi connectivity index (χ0) is 25.4. The van der Waals surface area contributed by atoms with Crippen LogP contribution in [0.15, 0.2) is 0 Å². The van der Waals surface area contributed by atoms with Gasteiger partial charge in [-0.15, -0.1) is 0 Å². The van der Waals surface area contributed by atoms with Gasteiger partial charge in [-0.25, -0.2) is 0 Å². The Morgan fingerprint density at radius 2 is 1.11 bits per heavy atom. The molecule has 0 saturated carbocycles. The van der Waals surface area contributed by atoms with Gasteiger partial charge in [-0.3, -0.25) is 14.4 Å². The number of piperazine rings is 1. The third-order valence-corrected chi connectivity index (χ3v) is 8.77. The van der Waals surface area contributed by atoms with E-state index in [-0.39, 0.29) is 36.2 Å². The standard InChI is InChI=1S/C13H19NO4.C12H18N2O4/c15-12(14-6-2-1-3-7-14)10-8-4-5-9(18-8)11(10)13(16)17;15-11(14-5-3-13-4-6-14)9-7-1-2-8(18-7)10(9)12(16)17/h8-11H,1-7H2,(H,16,17);7-10,13H,1-6H2,(H,16,17)/p-1/t8-,9+,10?,11?;7-,8+,9?,10?/m00/s1. The summed E-state index contributed by atoms with van der Waals surface area (Å²) >= 11 is 0. The van der Waals surface area contributed by atoms with Crippen LogP contribution >= 0.6 is 0 Å². The maximum absolute atomic E-state index is 12.5. The summed E-state index contributed by atoms with van der Waals surface area (Å²) < 4.78 is 11.2. The first kappa shape index (κ1) is 25.4. The Balaban J connectivity index is 0.000000148. The first-order valence-corrected chi connectivity index (χ1v) is 13.4. The molecular formula is C25H36N3O8-. The van der Waals surface area contributed by atoms with E-state index in [1.807, 2.05) is 4.90 Å². The number of piperidine rings is 1. The number of hydrogen-bond donors (Lipinski definition) is 2. The maximum atomic E-state index is 12.5. The number of carbonyl (C=O) groups excluding carboxylic acids is 3. The van der Waals surface area contributed by atoms with Gasteiger partial charge in [0.25, 0.3) is 0 Å². The monoisotopic (exact) mass is 506 g/mol. The molecule has 6 saturated heterocycles. The highest BCUT2D eigenvalue weighted by Gasteiger charge is 2.56. The minimum Gasteiger partial charge on any atom is -0.550 e. The van der Waals surface area contributed by atoms with Crippen molar-refractivity contribution in [1.82, 2.24) is 15.1 Å². The van der Waals surface area contributed by atoms with Crippen molar-refractivity contribution in [3.05, 3.63) is 0 Å². The van der Waals surface area contributed by atoms with Crippen molar-refractivity contribution in [3.8, 4) is 0 Å². The number of aliphatic carboxylic acids is 2. The molecule has 6 heterocycles. The van der Waals surface area contributed by atoms with Gasteiger partial charge in [0, 0.05) is 51.2 Å². The van der Waals surface area contributed by atoms with E-state index in [0.717, 1.165) is 71.1 Å². The number of carbonyl (C=O) groups is 4. The normalized spacial score (nSPS) is 39.0. The van der Waals surface area contributed by atoms with Gasteiger partial charge in [0.05, 0.1) is 42.2 Å². The van der Waals surface area contributed by atoms with E-state index in [9.17, 15) is 29.4 Å². The Kier molecular flexibility index (Phi) is 7.50. The number of carboxylic acid groups (broad SMARTS) is 2. The Hall–Kier alpha value is -2.24. The lowest BCUT2D eigenvalue weighted by Crippen LogP contribution is -2.52. The molecule has 0 aliphatic carbocycles. The van der Waals surface area contributed by atoms with E-state index in [4.69, 9.17) is 9.47 Å². The van der Waals surface area contributed by atoms with Crippen molar-refractivity contribution in [2.24, 2.45) is 23.7 Å². The molecule has 2 amide bonds. The number of likely N-dealkylation sites (tertiary alicyclic amines) is 1. The topological polar surface area (TPSA) is 149 Å². The van der Waals surface area contributed by atoms with Crippen molar-refractivity contribution in [2.75, 3.05) is 39.3 Å². The van der Waals surface area contributed by atoms with Gasteiger partial charge in [-0.2, -0.15) is 0 Å². The quantitative estimate of drug-likeness (QED) is 0.481. The van der Waals surface area contributed by atoms with Crippen molar-refractivity contribution < 1.29 is 38.9 Å². The molecular weight excluding hydrogens is 470 g/mol. The highest BCUT2D eigenvalue weighted by Crippen LogP contribution is 2.45. The van der Waals surface area contributed by atoms with Gasteiger partial charge >= 0.3 is 5.97 Å². The molecule has 0 aromatic rings. The summed E-state index contributed by atoms with van der Waals surface area (Å²) in [6, 6.07) is 0. The van der Waals surface area contributed by atoms with Crippen LogP contribution in [0.5, 0.6) is 0 Å². The van der Waals surface area contributed by atoms with Crippen LogP contribution in [0.1, 0.15) is 44.9 Å². The van der Waals surface area contributed by atoms with Crippen LogP contribution in [0.4, 0.5) is 0 Å². The molecule has 11 heteroatoms. The Morgan fingerprint density at radius 3 is 1.61 bits per heavy atom. The second-order valence-corrected chi connectivity index (χ2v) is 10.8. The lowest BCUT2D eigenvalue weighted by Gasteiger charge is -2.34. The highest BCUT2D eigenvalue weighted by atomic mass is 16.5. The van der Waals surface area contributed by atoms with Crippen LogP contribution in [0.2, 0.25) is 0 Å². The van der Waals surface area contributed by atoms with E-state index in [1.165, 1.54) is 0 Å². The number of nitrogens with zero attached hydrogens (tertiary/aromatic N) is 2. The molecule has 6 fully saturated rings. The molecule has 6 rings (SSSR count). The molecule has 4 bridgehead atoms. The molecule has 36 heavy (non-hydrogen) atoms. The summed E-state index contributed by atoms with van der Waals surface area (Å²) in [6.07, 6.45) is 5.37. The van der Waals surface area contributed by atoms with Crippen molar-refractivity contribution in [3.63, 3.8) is 0 Å². The molecule has 11 nitrogen and oxygen atoms in total. The molecule has 4 unspecified atom stereocenters. The number of ether oxygens (including phenoxy) is 2. The molecule has 0 aromatic heterocycles. The predicted octanol–water partition coefficient (Wildman–Crippen LogP) is -1.16. The second kappa shape index (κ2) is 10.6. The van der Waals surface area contributed by atoms with Crippen LogP contribution < -0.4 is 10.4 Å². The van der Waals surface area contributed by atoms with Crippen LogP contribution in [0, 0.1) is 23.7 Å². The zero-order valence-corrected chi connectivity index (χ0v) is 20.5. The van der Waals surface area contributed by atoms with Gasteiger partial charge < -0.3 is 39.6 Å². The largest absolute Gasteiger partial charge is 0.550 e. The fraction of sp³-hybridized carbons (Fsp3) is 0.840. The first-order chi connectivity index (χ1) is 17.4. The van der Waals surface area contributed by atoms with Crippen molar-refractivity contribution in [1.29, 1.82) is 0 Å². The number of hydrogen-bond acceptors (Lipinski definition) is 8. The summed E-state index contributed by atoms with van der Waals surface area (Å²) in [5, 5.41) is 23.7. The molecule has 6 aliphatic rings. The fourth-order valence-electron chi connectivity index (χ4n) is 7.02. The van der Waals surface area contributed by atoms with Crippen LogP contribution in [-0.4, -0.2) is 102 Å². The number of fused-ring (bicyclic) bond motifs is 4. The molecule has 6 aliphatic heterocycles. The number of rotatable bonds is 4. The molecule has 2 N–H and O–H groups in total. The minimum absolute atomic E-state index is 0.0314. The van der Waals surface area contributed by atoms with E-state index in [0.29, 0.717) is 13.1 Å². The number of amides is 2. The highest BCUT2D eigenvalue weighted by molar-refractivity contribution is 5.87. The van der Waals surface area contributed by atoms with E-state index >= 15 is 0 Å². The maximum Gasteiger partial charge on any atom is 0.310 e. The van der Waals surface area contributed by atoms with Gasteiger partial charge in [0.1, 0.15) is 0 Å². The fourth-order valence-corrected chi connectivity index (χ4v) is 7.02. The second-order valence-electron chi connectivity index (χ2n) is 10.8. The summed E-state index contributed by atoms with van der Waals surface area (Å²) in [6.45, 7) is 4.41. The van der Waals surface area contributed by atoms with Crippen molar-refractivity contribution in [2.45, 2.75) is 69.4 Å². The van der Waals surface area contributed by atoms with Crippen molar-refractivity contribution >= 4 is 23.8 Å². The summed E-state index contributed by atoms with van der Waals surface area (Å²) in [5.41, 5.74) is 0. The van der Waals surface area contributed by atoms with Gasteiger partial charge in [0.15, 0.2) is 0 Å². The van der Waals surface area contributed by atoms with E-state index in [1.54, 1.807) is 4.90 Å². The molecule has 200 valence electrons. The van der Waals surface area contributed by atoms with Gasteiger partial charge in [0.2, 0.25) is 11.8 Å². The van der Waals surface area contributed by atoms with Crippen LogP contribution in [0.25, 0.3) is 0 Å². The molecule has 0 aromatic carbocycles. The first-order valence-electron chi connectivity index (χ1n) is 13.4. The van der Waals surface area contributed by atoms with E-state index < -0.39 is 35.6 Å². The smallest absolute Gasteiger partial charge is 0.310 e. The lowest BCUT2D eigenvalue weighted by molar-refractivity contribution is -0.314. The molecule has 8 atom stereocenters. The SMILES string of the molecule is O=C(O)C1C(C(=O)N2CCNCC2)[C@@H]2CC[C@H]1O2.O=C([O-])C1C(C(=O)N2CCCCC2)[C@@H]2CC[C@H]1O2. The third-order valence-electron chi connectivity index (χ3n) is 8.77. The zero-order valence-electron chi connectivity index (χ0n) is 20.5. The average molecular weight is 507 g/mol. The molecule has 0 spiro atoms. The summed E-state index contributed by atoms with van der Waals surface area (Å²) in [5.74, 6) is -4.45. The van der Waals surface area contributed by atoms with Gasteiger partial charge in [-0.1, -0.05) is 0 Å². The third kappa shape index (κ3) is 4.72. The minimum atomic E-state index is -1.13. The van der Waals surface area contributed by atoms with Crippen LogP contribution in [0.3, 0.4) is 0 Å². The Labute approximate surface area is 210 Å². The summed E-state index contributed by atoms with van der Waals surface area (Å²) in [4.78, 5) is 51.1. The lowest BCUT2D eigenvalue weighted by atomic mass is 9.78. The van der Waals surface area contributed by atoms with Crippen LogP contribution in [-0.2, 0) is 28.7 Å². The number of nitrogens with one attached hydrogen (secondary N) is 1. The number of carboxylic acids is 2.